The number of aliphatic hydroxyl groups excluding tert-OH is 1. The lowest BCUT2D eigenvalue weighted by Gasteiger charge is -2.20. The molecule has 1 aromatic carbocycles. The number of alkyl halides is 1. The fourth-order valence-electron chi connectivity index (χ4n) is 2.39. The van der Waals surface area contributed by atoms with Crippen molar-refractivity contribution in [2.24, 2.45) is 0 Å². The lowest BCUT2D eigenvalue weighted by molar-refractivity contribution is -0.142. The highest BCUT2D eigenvalue weighted by Gasteiger charge is 2.27. The van der Waals surface area contributed by atoms with E-state index < -0.39 is 18.2 Å². The molecule has 22 heavy (non-hydrogen) atoms. The molecular weight excluding hydrogens is 308 g/mol. The third kappa shape index (κ3) is 5.00. The number of benzene rings is 1. The van der Waals surface area contributed by atoms with Gasteiger partial charge in [0.25, 0.3) is 0 Å². The van der Waals surface area contributed by atoms with E-state index >= 15 is 0 Å². The summed E-state index contributed by atoms with van der Waals surface area (Å²) in [6.45, 7) is 0. The Bertz CT molecular complexity index is 505. The molecule has 120 valence electrons. The monoisotopic (exact) mass is 326 g/mol. The van der Waals surface area contributed by atoms with Gasteiger partial charge in [0.05, 0.1) is 17.5 Å². The fourth-order valence-corrected chi connectivity index (χ4v) is 2.58. The van der Waals surface area contributed by atoms with Gasteiger partial charge in [-0.25, -0.2) is 4.79 Å². The van der Waals surface area contributed by atoms with E-state index in [1.165, 1.54) is 0 Å². The molecule has 0 spiro atoms. The van der Waals surface area contributed by atoms with Crippen LogP contribution < -0.4 is 0 Å². The Labute approximate surface area is 134 Å². The van der Waals surface area contributed by atoms with Crippen LogP contribution in [0.2, 0.25) is 0 Å². The highest BCUT2D eigenvalue weighted by atomic mass is 35.5. The van der Waals surface area contributed by atoms with Crippen LogP contribution in [0, 0.1) is 0 Å². The van der Waals surface area contributed by atoms with Crippen molar-refractivity contribution < 1.29 is 24.2 Å². The predicted octanol–water partition coefficient (Wildman–Crippen LogP) is 2.30. The van der Waals surface area contributed by atoms with E-state index in [1.807, 2.05) is 6.07 Å². The van der Waals surface area contributed by atoms with Crippen LogP contribution in [0.1, 0.15) is 36.0 Å². The van der Waals surface area contributed by atoms with E-state index in [1.54, 1.807) is 24.3 Å². The van der Waals surface area contributed by atoms with Gasteiger partial charge in [-0.3, -0.25) is 4.79 Å². The van der Waals surface area contributed by atoms with Gasteiger partial charge < -0.3 is 14.6 Å². The Morgan fingerprint density at radius 2 is 2.14 bits per heavy atom. The van der Waals surface area contributed by atoms with Gasteiger partial charge in [0, 0.05) is 19.3 Å². The molecule has 0 unspecified atom stereocenters. The summed E-state index contributed by atoms with van der Waals surface area (Å²) in [4.78, 5) is 23.0. The van der Waals surface area contributed by atoms with Crippen LogP contribution >= 0.6 is 11.6 Å². The normalized spacial score (nSPS) is 20.3. The average molecular weight is 327 g/mol. The number of aliphatic hydroxyl groups is 1. The molecule has 0 amide bonds. The number of cyclic esters (lactones) is 1. The third-order valence-corrected chi connectivity index (χ3v) is 3.84. The Kier molecular flexibility index (Phi) is 6.21. The molecule has 6 heteroatoms. The molecule has 0 aromatic heterocycles. The molecule has 5 nitrogen and oxygen atoms in total. The summed E-state index contributed by atoms with van der Waals surface area (Å²) >= 11 is 5.81. The maximum absolute atomic E-state index is 12.0. The van der Waals surface area contributed by atoms with Crippen LogP contribution in [0.5, 0.6) is 0 Å². The van der Waals surface area contributed by atoms with Gasteiger partial charge in [0.2, 0.25) is 0 Å². The predicted molar refractivity (Wildman–Crippen MR) is 80.7 cm³/mol. The van der Waals surface area contributed by atoms with Crippen molar-refractivity contribution in [2.45, 2.75) is 44.0 Å². The minimum Gasteiger partial charge on any atom is -0.462 e. The average Bonchev–Trinajstić information content (AvgIpc) is 2.92. The summed E-state index contributed by atoms with van der Waals surface area (Å²) in [6, 6.07) is 8.61. The zero-order chi connectivity index (χ0) is 15.9. The molecule has 3 atom stereocenters. The van der Waals surface area contributed by atoms with Crippen molar-refractivity contribution in [3.8, 4) is 0 Å². The summed E-state index contributed by atoms with van der Waals surface area (Å²) < 4.78 is 10.4. The molecule has 1 aromatic rings. The summed E-state index contributed by atoms with van der Waals surface area (Å²) in [5, 5.41) is 10.0. The molecule has 0 aliphatic carbocycles. The quantitative estimate of drug-likeness (QED) is 0.615. The second kappa shape index (κ2) is 8.15. The van der Waals surface area contributed by atoms with E-state index in [4.69, 9.17) is 21.1 Å². The number of halogens is 1. The number of ether oxygens (including phenoxy) is 2. The molecule has 0 saturated carbocycles. The van der Waals surface area contributed by atoms with Crippen LogP contribution in [0.25, 0.3) is 0 Å². The van der Waals surface area contributed by atoms with Crippen LogP contribution in [0.15, 0.2) is 30.3 Å². The lowest BCUT2D eigenvalue weighted by atomic mass is 10.0. The van der Waals surface area contributed by atoms with Crippen LogP contribution in [0.4, 0.5) is 0 Å². The Hall–Kier alpha value is -1.59. The number of hydrogen-bond acceptors (Lipinski definition) is 5. The van der Waals surface area contributed by atoms with E-state index in [0.717, 1.165) is 0 Å². The van der Waals surface area contributed by atoms with Crippen molar-refractivity contribution in [3.63, 3.8) is 0 Å². The fraction of sp³-hybridized carbons (Fsp3) is 0.500. The first-order valence-corrected chi connectivity index (χ1v) is 7.81. The summed E-state index contributed by atoms with van der Waals surface area (Å²) in [6.07, 6.45) is -0.0177. The van der Waals surface area contributed by atoms with Crippen LogP contribution in [-0.4, -0.2) is 41.2 Å². The highest BCUT2D eigenvalue weighted by Crippen LogP contribution is 2.21. The van der Waals surface area contributed by atoms with E-state index in [9.17, 15) is 14.7 Å². The molecule has 0 radical (unpaired) electrons. The summed E-state index contributed by atoms with van der Waals surface area (Å²) in [5.41, 5.74) is 0.442. The third-order valence-electron chi connectivity index (χ3n) is 3.49. The maximum Gasteiger partial charge on any atom is 0.338 e. The number of esters is 2. The zero-order valence-corrected chi connectivity index (χ0v) is 12.9. The molecule has 1 fully saturated rings. The summed E-state index contributed by atoms with van der Waals surface area (Å²) in [7, 11) is 0. The van der Waals surface area contributed by atoms with Crippen LogP contribution in [-0.2, 0) is 14.3 Å². The first kappa shape index (κ1) is 16.8. The van der Waals surface area contributed by atoms with Crippen molar-refractivity contribution in [1.29, 1.82) is 0 Å². The molecule has 1 aliphatic heterocycles. The second-order valence-electron chi connectivity index (χ2n) is 5.32. The van der Waals surface area contributed by atoms with E-state index in [-0.39, 0.29) is 24.4 Å². The minimum absolute atomic E-state index is 0.0973. The van der Waals surface area contributed by atoms with Crippen molar-refractivity contribution >= 4 is 23.5 Å². The molecule has 1 aliphatic rings. The highest BCUT2D eigenvalue weighted by molar-refractivity contribution is 6.18. The summed E-state index contributed by atoms with van der Waals surface area (Å²) in [5.74, 6) is -0.604. The van der Waals surface area contributed by atoms with Gasteiger partial charge in [-0.2, -0.15) is 0 Å². The first-order valence-electron chi connectivity index (χ1n) is 7.28. The minimum atomic E-state index is -0.733. The molecule has 0 bridgehead atoms. The Morgan fingerprint density at radius 3 is 2.73 bits per heavy atom. The van der Waals surface area contributed by atoms with Gasteiger partial charge in [-0.05, 0) is 18.6 Å². The number of carbonyl (C=O) groups is 2. The standard InChI is InChI=1S/C16H19ClO5/c17-10-14(22-16(20)11-4-2-1-3-5-11)9-12(18)8-13-6-7-15(19)21-13/h1-5,12-14,18H,6-10H2/t12-,13-,14+/m0/s1. The van der Waals surface area contributed by atoms with Crippen molar-refractivity contribution in [2.75, 3.05) is 5.88 Å². The largest absolute Gasteiger partial charge is 0.462 e. The zero-order valence-electron chi connectivity index (χ0n) is 12.1. The van der Waals surface area contributed by atoms with Gasteiger partial charge in [0.15, 0.2) is 0 Å². The molecule has 1 saturated heterocycles. The molecule has 2 rings (SSSR count). The molecular formula is C16H19ClO5. The van der Waals surface area contributed by atoms with Crippen LogP contribution in [0.3, 0.4) is 0 Å². The Morgan fingerprint density at radius 1 is 1.41 bits per heavy atom. The van der Waals surface area contributed by atoms with Gasteiger partial charge in [-0.15, -0.1) is 11.6 Å². The molecule has 1 N–H and O–H groups in total. The van der Waals surface area contributed by atoms with Crippen molar-refractivity contribution in [3.05, 3.63) is 35.9 Å². The number of carbonyl (C=O) groups excluding carboxylic acids is 2. The number of hydrogen-bond donors (Lipinski definition) is 1. The Balaban J connectivity index is 1.81. The SMILES string of the molecule is O=C1CC[C@@H](C[C@H](O)C[C@H](CCl)OC(=O)c2ccccc2)O1. The number of rotatable bonds is 7. The smallest absolute Gasteiger partial charge is 0.338 e. The lowest BCUT2D eigenvalue weighted by Crippen LogP contribution is -2.27. The van der Waals surface area contributed by atoms with E-state index in [0.29, 0.717) is 24.8 Å². The van der Waals surface area contributed by atoms with Crippen molar-refractivity contribution in [1.82, 2.24) is 0 Å². The van der Waals surface area contributed by atoms with Gasteiger partial charge in [0.1, 0.15) is 12.2 Å². The van der Waals surface area contributed by atoms with Gasteiger partial charge in [-0.1, -0.05) is 18.2 Å². The topological polar surface area (TPSA) is 72.8 Å². The first-order chi connectivity index (χ1) is 10.6. The molecule has 1 heterocycles. The van der Waals surface area contributed by atoms with Gasteiger partial charge >= 0.3 is 11.9 Å². The van der Waals surface area contributed by atoms with E-state index in [2.05, 4.69) is 0 Å². The maximum atomic E-state index is 12.0. The second-order valence-corrected chi connectivity index (χ2v) is 5.63.